The summed E-state index contributed by atoms with van der Waals surface area (Å²) in [7, 11) is -3.78. The lowest BCUT2D eigenvalue weighted by Crippen LogP contribution is -2.44. The minimum Gasteiger partial charge on any atom is -0.330 e. The number of halogens is 1. The third-order valence-corrected chi connectivity index (χ3v) is 5.71. The Morgan fingerprint density at radius 1 is 1.40 bits per heavy atom. The number of nitrogens with zero attached hydrogens (tertiary/aromatic N) is 1. The van der Waals surface area contributed by atoms with Crippen molar-refractivity contribution in [3.05, 3.63) is 29.6 Å². The van der Waals surface area contributed by atoms with Crippen LogP contribution in [0.2, 0.25) is 0 Å². The monoisotopic (exact) mass is 300 g/mol. The number of hydrogen-bond acceptors (Lipinski definition) is 3. The van der Waals surface area contributed by atoms with Crippen molar-refractivity contribution in [1.29, 1.82) is 0 Å². The Bertz CT molecular complexity index is 573. The second-order valence-corrected chi connectivity index (χ2v) is 7.14. The highest BCUT2D eigenvalue weighted by Crippen LogP contribution is 2.28. The van der Waals surface area contributed by atoms with Crippen molar-refractivity contribution in [1.82, 2.24) is 4.31 Å². The van der Waals surface area contributed by atoms with E-state index >= 15 is 0 Å². The molecule has 112 valence electrons. The fraction of sp³-hybridized carbons (Fsp3) is 0.571. The molecule has 0 bridgehead atoms. The molecule has 1 atom stereocenters. The summed E-state index contributed by atoms with van der Waals surface area (Å²) in [4.78, 5) is -0.221. The first-order valence-electron chi connectivity index (χ1n) is 6.95. The molecule has 0 spiro atoms. The van der Waals surface area contributed by atoms with Crippen LogP contribution in [0.1, 0.15) is 31.2 Å². The zero-order chi connectivity index (χ0) is 14.8. The zero-order valence-electron chi connectivity index (χ0n) is 11.7. The molecule has 1 unspecified atom stereocenters. The molecule has 2 rings (SSSR count). The summed E-state index contributed by atoms with van der Waals surface area (Å²) in [5.74, 6) is -0.687. The van der Waals surface area contributed by atoms with Crippen LogP contribution >= 0.6 is 0 Å². The minimum absolute atomic E-state index is 0.112. The van der Waals surface area contributed by atoms with Gasteiger partial charge in [0, 0.05) is 12.6 Å². The van der Waals surface area contributed by atoms with Crippen molar-refractivity contribution in [2.75, 3.05) is 13.1 Å². The summed E-state index contributed by atoms with van der Waals surface area (Å²) in [5.41, 5.74) is 6.30. The summed E-state index contributed by atoms with van der Waals surface area (Å²) >= 11 is 0. The van der Waals surface area contributed by atoms with E-state index in [1.54, 1.807) is 13.0 Å². The number of sulfonamides is 1. The van der Waals surface area contributed by atoms with Crippen molar-refractivity contribution < 1.29 is 12.8 Å². The van der Waals surface area contributed by atoms with Gasteiger partial charge in [-0.2, -0.15) is 4.31 Å². The SMILES string of the molecule is Cc1ccc(F)c(S(=O)(=O)N2CCCCC2CCN)c1. The van der Waals surface area contributed by atoms with Crippen LogP contribution in [0.3, 0.4) is 0 Å². The Labute approximate surface area is 119 Å². The van der Waals surface area contributed by atoms with Crippen LogP contribution in [0.15, 0.2) is 23.1 Å². The van der Waals surface area contributed by atoms with Gasteiger partial charge in [-0.3, -0.25) is 0 Å². The molecule has 1 aromatic rings. The third kappa shape index (κ3) is 3.02. The van der Waals surface area contributed by atoms with E-state index in [4.69, 9.17) is 5.73 Å². The van der Waals surface area contributed by atoms with E-state index in [9.17, 15) is 12.8 Å². The maximum Gasteiger partial charge on any atom is 0.246 e. The molecule has 2 N–H and O–H groups in total. The maximum atomic E-state index is 13.9. The summed E-state index contributed by atoms with van der Waals surface area (Å²) in [6, 6.07) is 4.07. The van der Waals surface area contributed by atoms with Gasteiger partial charge in [-0.1, -0.05) is 12.5 Å². The smallest absolute Gasteiger partial charge is 0.246 e. The van der Waals surface area contributed by atoms with Crippen LogP contribution in [0.25, 0.3) is 0 Å². The van der Waals surface area contributed by atoms with Gasteiger partial charge in [-0.15, -0.1) is 0 Å². The second kappa shape index (κ2) is 6.20. The fourth-order valence-electron chi connectivity index (χ4n) is 2.71. The number of piperidine rings is 1. The van der Waals surface area contributed by atoms with E-state index in [-0.39, 0.29) is 10.9 Å². The summed E-state index contributed by atoms with van der Waals surface area (Å²) in [6.07, 6.45) is 3.22. The fourth-order valence-corrected chi connectivity index (χ4v) is 4.58. The summed E-state index contributed by atoms with van der Waals surface area (Å²) < 4.78 is 40.7. The minimum atomic E-state index is -3.78. The van der Waals surface area contributed by atoms with Gasteiger partial charge in [0.2, 0.25) is 10.0 Å². The number of hydrogen-bond donors (Lipinski definition) is 1. The predicted octanol–water partition coefficient (Wildman–Crippen LogP) is 2.03. The molecule has 1 aliphatic heterocycles. The lowest BCUT2D eigenvalue weighted by molar-refractivity contribution is 0.242. The number of rotatable bonds is 4. The Balaban J connectivity index is 2.39. The quantitative estimate of drug-likeness (QED) is 0.925. The van der Waals surface area contributed by atoms with Gasteiger partial charge in [-0.25, -0.2) is 12.8 Å². The molecule has 20 heavy (non-hydrogen) atoms. The molecule has 0 aromatic heterocycles. The van der Waals surface area contributed by atoms with E-state index in [0.29, 0.717) is 19.5 Å². The first-order valence-corrected chi connectivity index (χ1v) is 8.39. The zero-order valence-corrected chi connectivity index (χ0v) is 12.5. The topological polar surface area (TPSA) is 63.4 Å². The second-order valence-electron chi connectivity index (χ2n) is 5.28. The Morgan fingerprint density at radius 2 is 2.15 bits per heavy atom. The third-order valence-electron chi connectivity index (χ3n) is 3.75. The Hall–Kier alpha value is -0.980. The van der Waals surface area contributed by atoms with Crippen LogP contribution in [-0.2, 0) is 10.0 Å². The molecule has 0 amide bonds. The first-order chi connectivity index (χ1) is 9.46. The average Bonchev–Trinajstić information content (AvgIpc) is 2.42. The molecule has 0 saturated carbocycles. The van der Waals surface area contributed by atoms with Crippen LogP contribution in [0, 0.1) is 12.7 Å². The summed E-state index contributed by atoms with van der Waals surface area (Å²) in [6.45, 7) is 2.64. The number of aryl methyl sites for hydroxylation is 1. The van der Waals surface area contributed by atoms with Crippen LogP contribution in [0.5, 0.6) is 0 Å². The number of benzene rings is 1. The van der Waals surface area contributed by atoms with Gasteiger partial charge in [0.25, 0.3) is 0 Å². The van der Waals surface area contributed by atoms with E-state index in [1.807, 2.05) is 0 Å². The van der Waals surface area contributed by atoms with E-state index in [2.05, 4.69) is 0 Å². The van der Waals surface area contributed by atoms with Crippen LogP contribution in [-0.4, -0.2) is 31.9 Å². The molecule has 1 heterocycles. The molecule has 0 radical (unpaired) electrons. The molecule has 1 aromatic carbocycles. The molecular formula is C14H21FN2O2S. The van der Waals surface area contributed by atoms with Gasteiger partial charge in [0.05, 0.1) is 0 Å². The van der Waals surface area contributed by atoms with Crippen molar-refractivity contribution in [3.63, 3.8) is 0 Å². The molecule has 1 saturated heterocycles. The van der Waals surface area contributed by atoms with Crippen molar-refractivity contribution in [3.8, 4) is 0 Å². The van der Waals surface area contributed by atoms with E-state index in [1.165, 1.54) is 16.4 Å². The lowest BCUT2D eigenvalue weighted by Gasteiger charge is -2.34. The average molecular weight is 300 g/mol. The highest BCUT2D eigenvalue weighted by molar-refractivity contribution is 7.89. The van der Waals surface area contributed by atoms with Gasteiger partial charge in [0.1, 0.15) is 10.7 Å². The van der Waals surface area contributed by atoms with Gasteiger partial charge < -0.3 is 5.73 Å². The Kier molecular flexibility index (Phi) is 4.78. The Morgan fingerprint density at radius 3 is 2.85 bits per heavy atom. The maximum absolute atomic E-state index is 13.9. The number of nitrogens with two attached hydrogens (primary N) is 1. The normalized spacial score (nSPS) is 21.1. The molecule has 1 fully saturated rings. The molecular weight excluding hydrogens is 279 g/mol. The summed E-state index contributed by atoms with van der Waals surface area (Å²) in [5, 5.41) is 0. The van der Waals surface area contributed by atoms with E-state index in [0.717, 1.165) is 24.8 Å². The highest BCUT2D eigenvalue weighted by atomic mass is 32.2. The molecule has 0 aliphatic carbocycles. The lowest BCUT2D eigenvalue weighted by atomic mass is 10.0. The highest BCUT2D eigenvalue weighted by Gasteiger charge is 2.34. The standard InChI is InChI=1S/C14H21FN2O2S/c1-11-5-6-13(15)14(10-11)20(18,19)17-9-3-2-4-12(17)7-8-16/h5-6,10,12H,2-4,7-9,16H2,1H3. The van der Waals surface area contributed by atoms with Crippen LogP contribution in [0.4, 0.5) is 4.39 Å². The van der Waals surface area contributed by atoms with Crippen molar-refractivity contribution in [2.45, 2.75) is 43.5 Å². The molecule has 6 heteroatoms. The largest absolute Gasteiger partial charge is 0.330 e. The molecule has 4 nitrogen and oxygen atoms in total. The van der Waals surface area contributed by atoms with E-state index < -0.39 is 15.8 Å². The van der Waals surface area contributed by atoms with Gasteiger partial charge in [0.15, 0.2) is 0 Å². The van der Waals surface area contributed by atoms with Crippen LogP contribution < -0.4 is 5.73 Å². The van der Waals surface area contributed by atoms with Gasteiger partial charge in [-0.05, 0) is 50.4 Å². The van der Waals surface area contributed by atoms with Crippen molar-refractivity contribution >= 4 is 10.0 Å². The van der Waals surface area contributed by atoms with Gasteiger partial charge >= 0.3 is 0 Å². The first kappa shape index (κ1) is 15.4. The predicted molar refractivity (Wildman–Crippen MR) is 76.3 cm³/mol. The van der Waals surface area contributed by atoms with Crippen molar-refractivity contribution in [2.24, 2.45) is 5.73 Å². The molecule has 1 aliphatic rings.